The molecule has 0 unspecified atom stereocenters. The predicted octanol–water partition coefficient (Wildman–Crippen LogP) is 4.46. The quantitative estimate of drug-likeness (QED) is 0.543. The van der Waals surface area contributed by atoms with E-state index in [2.05, 4.69) is 27.1 Å². The fraction of sp³-hybridized carbons (Fsp3) is 0.158. The molecule has 1 atom stereocenters. The monoisotopic (exact) mass is 352 g/mol. The van der Waals surface area contributed by atoms with E-state index in [0.717, 1.165) is 26.9 Å². The van der Waals surface area contributed by atoms with Gasteiger partial charge in [-0.1, -0.05) is 53.8 Å². The van der Waals surface area contributed by atoms with Crippen molar-refractivity contribution in [2.24, 2.45) is 0 Å². The lowest BCUT2D eigenvalue weighted by Crippen LogP contribution is -2.25. The van der Waals surface area contributed by atoms with E-state index in [-0.39, 0.29) is 11.9 Å². The molecule has 0 spiro atoms. The molecule has 0 aliphatic carbocycles. The summed E-state index contributed by atoms with van der Waals surface area (Å²) >= 11 is 1.54. The summed E-state index contributed by atoms with van der Waals surface area (Å²) in [6, 6.07) is 16.8. The summed E-state index contributed by atoms with van der Waals surface area (Å²) in [5.74, 6) is -0.235. The first kappa shape index (κ1) is 15.8. The minimum absolute atomic E-state index is 0.0567. The number of anilines is 1. The fourth-order valence-corrected chi connectivity index (χ4v) is 3.89. The molecule has 0 amide bonds. The molecule has 0 radical (unpaired) electrons. The zero-order valence-corrected chi connectivity index (χ0v) is 14.7. The largest absolute Gasteiger partial charge is 0.339 e. The van der Waals surface area contributed by atoms with E-state index in [4.69, 9.17) is 0 Å². The Kier molecular flexibility index (Phi) is 3.97. The maximum atomic E-state index is 13.4. The van der Waals surface area contributed by atoms with Gasteiger partial charge in [-0.2, -0.15) is 0 Å². The maximum absolute atomic E-state index is 13.4. The predicted molar refractivity (Wildman–Crippen MR) is 98.7 cm³/mol. The van der Waals surface area contributed by atoms with Gasteiger partial charge < -0.3 is 4.90 Å². The minimum atomic E-state index is -0.235. The standard InChI is InChI=1S/C19H17FN4S/c1-13-12-24-18(21-13)25-19(22-24)23(2)17(14-6-4-3-5-7-14)15-8-10-16(20)11-9-15/h3-12,17H,1-2H3/t17-/m0/s1. The highest BCUT2D eigenvalue weighted by Crippen LogP contribution is 2.34. The average molecular weight is 352 g/mol. The van der Waals surface area contributed by atoms with Crippen molar-refractivity contribution >= 4 is 21.4 Å². The molecule has 0 saturated carbocycles. The summed E-state index contributed by atoms with van der Waals surface area (Å²) in [4.78, 5) is 7.45. The second-order valence-corrected chi connectivity index (χ2v) is 6.90. The Morgan fingerprint density at radius 2 is 1.72 bits per heavy atom. The van der Waals surface area contributed by atoms with E-state index in [0.29, 0.717) is 0 Å². The van der Waals surface area contributed by atoms with Crippen LogP contribution in [0, 0.1) is 12.7 Å². The number of nitrogens with zero attached hydrogens (tertiary/aromatic N) is 4. The number of halogens is 1. The molecule has 25 heavy (non-hydrogen) atoms. The van der Waals surface area contributed by atoms with Gasteiger partial charge in [-0.25, -0.2) is 13.9 Å². The third-order valence-corrected chi connectivity index (χ3v) is 5.16. The van der Waals surface area contributed by atoms with Crippen LogP contribution in [-0.4, -0.2) is 21.6 Å². The van der Waals surface area contributed by atoms with Crippen LogP contribution in [0.2, 0.25) is 0 Å². The molecule has 126 valence electrons. The fourth-order valence-electron chi connectivity index (χ4n) is 2.97. The van der Waals surface area contributed by atoms with Crippen molar-refractivity contribution in [2.75, 3.05) is 11.9 Å². The van der Waals surface area contributed by atoms with Crippen LogP contribution in [0.4, 0.5) is 9.52 Å². The first-order chi connectivity index (χ1) is 12.1. The Labute approximate surface area is 149 Å². The van der Waals surface area contributed by atoms with Gasteiger partial charge in [0.25, 0.3) is 0 Å². The van der Waals surface area contributed by atoms with Gasteiger partial charge in [0.15, 0.2) is 0 Å². The number of fused-ring (bicyclic) bond motifs is 1. The first-order valence-corrected chi connectivity index (χ1v) is 8.79. The van der Waals surface area contributed by atoms with E-state index >= 15 is 0 Å². The Balaban J connectivity index is 1.78. The molecule has 2 aromatic carbocycles. The Morgan fingerprint density at radius 3 is 2.40 bits per heavy atom. The van der Waals surface area contributed by atoms with Crippen molar-refractivity contribution < 1.29 is 4.39 Å². The zero-order valence-electron chi connectivity index (χ0n) is 13.9. The summed E-state index contributed by atoms with van der Waals surface area (Å²) in [5, 5.41) is 5.51. The summed E-state index contributed by atoms with van der Waals surface area (Å²) in [6.45, 7) is 1.95. The highest BCUT2D eigenvalue weighted by Gasteiger charge is 2.23. The first-order valence-electron chi connectivity index (χ1n) is 7.98. The topological polar surface area (TPSA) is 33.4 Å². The van der Waals surface area contributed by atoms with Gasteiger partial charge in [0.05, 0.1) is 17.9 Å². The molecule has 4 rings (SSSR count). The normalized spacial score (nSPS) is 12.4. The van der Waals surface area contributed by atoms with Gasteiger partial charge in [-0.3, -0.25) is 0 Å². The highest BCUT2D eigenvalue weighted by atomic mass is 32.1. The lowest BCUT2D eigenvalue weighted by molar-refractivity contribution is 0.625. The van der Waals surface area contributed by atoms with Crippen molar-refractivity contribution in [2.45, 2.75) is 13.0 Å². The Hall–Kier alpha value is -2.73. The Morgan fingerprint density at radius 1 is 1.04 bits per heavy atom. The molecule has 0 saturated heterocycles. The number of hydrogen-bond acceptors (Lipinski definition) is 4. The molecule has 0 aliphatic heterocycles. The molecule has 0 aliphatic rings. The van der Waals surface area contributed by atoms with E-state index in [9.17, 15) is 4.39 Å². The van der Waals surface area contributed by atoms with Crippen LogP contribution in [0.25, 0.3) is 4.96 Å². The van der Waals surface area contributed by atoms with Gasteiger partial charge in [0.1, 0.15) is 5.82 Å². The molecule has 4 aromatic rings. The van der Waals surface area contributed by atoms with Gasteiger partial charge in [0, 0.05) is 7.05 Å². The van der Waals surface area contributed by atoms with Crippen LogP contribution in [-0.2, 0) is 0 Å². The van der Waals surface area contributed by atoms with Crippen LogP contribution in [0.5, 0.6) is 0 Å². The van der Waals surface area contributed by atoms with Crippen LogP contribution in [0.15, 0.2) is 60.8 Å². The minimum Gasteiger partial charge on any atom is -0.339 e. The number of aromatic nitrogens is 3. The zero-order chi connectivity index (χ0) is 17.4. The van der Waals surface area contributed by atoms with Gasteiger partial charge in [-0.15, -0.1) is 5.10 Å². The number of rotatable bonds is 4. The number of hydrogen-bond donors (Lipinski definition) is 0. The van der Waals surface area contributed by atoms with Crippen molar-refractivity contribution in [1.29, 1.82) is 0 Å². The van der Waals surface area contributed by atoms with Crippen molar-refractivity contribution in [3.8, 4) is 0 Å². The third kappa shape index (κ3) is 3.00. The van der Waals surface area contributed by atoms with Crippen molar-refractivity contribution in [3.05, 3.63) is 83.4 Å². The SMILES string of the molecule is Cc1cn2nc(N(C)[C@@H](c3ccccc3)c3ccc(F)cc3)sc2n1. The Bertz CT molecular complexity index is 960. The summed E-state index contributed by atoms with van der Waals surface area (Å²) in [5.41, 5.74) is 3.09. The molecule has 4 nitrogen and oxygen atoms in total. The molecular weight excluding hydrogens is 335 g/mol. The van der Waals surface area contributed by atoms with Gasteiger partial charge in [0.2, 0.25) is 10.1 Å². The van der Waals surface area contributed by atoms with Crippen LogP contribution in [0.1, 0.15) is 22.9 Å². The molecular formula is C19H17FN4S. The van der Waals surface area contributed by atoms with Crippen LogP contribution in [0.3, 0.4) is 0 Å². The van der Waals surface area contributed by atoms with Gasteiger partial charge >= 0.3 is 0 Å². The van der Waals surface area contributed by atoms with Crippen LogP contribution < -0.4 is 4.90 Å². The smallest absolute Gasteiger partial charge is 0.214 e. The van der Waals surface area contributed by atoms with Crippen molar-refractivity contribution in [1.82, 2.24) is 14.6 Å². The second kappa shape index (κ2) is 6.29. The number of benzene rings is 2. The lowest BCUT2D eigenvalue weighted by atomic mass is 9.98. The molecule has 2 aromatic heterocycles. The average Bonchev–Trinajstić information content (AvgIpc) is 3.15. The molecule has 2 heterocycles. The lowest BCUT2D eigenvalue weighted by Gasteiger charge is -2.28. The molecule has 0 N–H and O–H groups in total. The van der Waals surface area contributed by atoms with Crippen molar-refractivity contribution in [3.63, 3.8) is 0 Å². The number of imidazole rings is 1. The van der Waals surface area contributed by atoms with E-state index in [1.165, 1.54) is 23.5 Å². The highest BCUT2D eigenvalue weighted by molar-refractivity contribution is 7.20. The third-order valence-electron chi connectivity index (χ3n) is 4.14. The number of aryl methyl sites for hydroxylation is 1. The van der Waals surface area contributed by atoms with E-state index in [1.807, 2.05) is 50.5 Å². The van der Waals surface area contributed by atoms with E-state index < -0.39 is 0 Å². The molecule has 0 fully saturated rings. The van der Waals surface area contributed by atoms with Gasteiger partial charge in [-0.05, 0) is 30.2 Å². The molecule has 6 heteroatoms. The molecule has 0 bridgehead atoms. The van der Waals surface area contributed by atoms with Crippen LogP contribution >= 0.6 is 11.3 Å². The summed E-state index contributed by atoms with van der Waals surface area (Å²) in [7, 11) is 2.01. The van der Waals surface area contributed by atoms with E-state index in [1.54, 1.807) is 4.52 Å². The second-order valence-electron chi connectivity index (χ2n) is 5.97. The summed E-state index contributed by atoms with van der Waals surface area (Å²) < 4.78 is 15.2. The maximum Gasteiger partial charge on any atom is 0.214 e. The summed E-state index contributed by atoms with van der Waals surface area (Å²) in [6.07, 6.45) is 1.92.